The van der Waals surface area contributed by atoms with Crippen LogP contribution in [0.1, 0.15) is 18.5 Å². The molecule has 5 heteroatoms. The van der Waals surface area contributed by atoms with E-state index < -0.39 is 11.6 Å². The largest absolute Gasteiger partial charge is 0.309 e. The van der Waals surface area contributed by atoms with Crippen LogP contribution in [0.5, 0.6) is 0 Å². The molecule has 1 fully saturated rings. The molecular weight excluding hydrogens is 272 g/mol. The third kappa shape index (κ3) is 3.87. The van der Waals surface area contributed by atoms with E-state index in [9.17, 15) is 8.78 Å². The number of rotatable bonds is 4. The van der Waals surface area contributed by atoms with Crippen LogP contribution in [0.4, 0.5) is 8.78 Å². The van der Waals surface area contributed by atoms with Gasteiger partial charge in [0.05, 0.1) is 0 Å². The highest BCUT2D eigenvalue weighted by molar-refractivity contribution is 8.06. The Bertz CT molecular complexity index is 395. The Balaban J connectivity index is 1.88. The number of nitrogens with one attached hydrogen (secondary N) is 1. The zero-order valence-corrected chi connectivity index (χ0v) is 11.9. The molecule has 1 aromatic rings. The van der Waals surface area contributed by atoms with Crippen molar-refractivity contribution < 1.29 is 8.78 Å². The molecule has 0 aromatic heterocycles. The zero-order chi connectivity index (χ0) is 13.0. The number of benzene rings is 1. The Kier molecular flexibility index (Phi) is 5.33. The van der Waals surface area contributed by atoms with Crippen molar-refractivity contribution in [3.8, 4) is 0 Å². The maximum absolute atomic E-state index is 13.6. The molecule has 18 heavy (non-hydrogen) atoms. The van der Waals surface area contributed by atoms with Gasteiger partial charge in [-0.25, -0.2) is 8.78 Å². The summed E-state index contributed by atoms with van der Waals surface area (Å²) in [6.45, 7) is 2.78. The Hall–Kier alpha value is -0.260. The van der Waals surface area contributed by atoms with E-state index in [1.165, 1.54) is 23.6 Å². The standard InChI is InChI=1S/C13H17F2NS2/c1-9(12-3-2-10(14)6-13(12)15)16-7-11-8-17-4-5-18-11/h2-3,6,9,11,16H,4-5,7-8H2,1H3. The zero-order valence-electron chi connectivity index (χ0n) is 10.3. The van der Waals surface area contributed by atoms with Crippen LogP contribution in [0.2, 0.25) is 0 Å². The Morgan fingerprint density at radius 3 is 2.89 bits per heavy atom. The minimum absolute atomic E-state index is 0.0851. The van der Waals surface area contributed by atoms with Gasteiger partial charge in [0.25, 0.3) is 0 Å². The molecule has 1 N–H and O–H groups in total. The molecule has 0 spiro atoms. The smallest absolute Gasteiger partial charge is 0.130 e. The van der Waals surface area contributed by atoms with Crippen LogP contribution in [-0.2, 0) is 0 Å². The first kappa shape index (κ1) is 14.2. The molecule has 0 saturated carbocycles. The lowest BCUT2D eigenvalue weighted by Crippen LogP contribution is -2.31. The van der Waals surface area contributed by atoms with Gasteiger partial charge >= 0.3 is 0 Å². The van der Waals surface area contributed by atoms with Crippen LogP contribution in [0, 0.1) is 11.6 Å². The first-order chi connectivity index (χ1) is 8.66. The quantitative estimate of drug-likeness (QED) is 0.911. The predicted octanol–water partition coefficient (Wildman–Crippen LogP) is 3.46. The van der Waals surface area contributed by atoms with Gasteiger partial charge in [0, 0.05) is 46.7 Å². The highest BCUT2D eigenvalue weighted by Gasteiger charge is 2.17. The second-order valence-corrected chi connectivity index (χ2v) is 6.92. The lowest BCUT2D eigenvalue weighted by Gasteiger charge is -2.23. The van der Waals surface area contributed by atoms with Gasteiger partial charge in [-0.15, -0.1) is 0 Å². The van der Waals surface area contributed by atoms with E-state index in [1.807, 2.05) is 30.4 Å². The number of halogens is 2. The van der Waals surface area contributed by atoms with E-state index in [-0.39, 0.29) is 6.04 Å². The van der Waals surface area contributed by atoms with E-state index in [4.69, 9.17) is 0 Å². The van der Waals surface area contributed by atoms with E-state index >= 15 is 0 Å². The summed E-state index contributed by atoms with van der Waals surface area (Å²) in [7, 11) is 0. The van der Waals surface area contributed by atoms with Crippen molar-refractivity contribution in [3.63, 3.8) is 0 Å². The molecule has 0 amide bonds. The normalized spacial score (nSPS) is 21.8. The minimum Gasteiger partial charge on any atom is -0.309 e. The fourth-order valence-corrected chi connectivity index (χ4v) is 4.55. The molecule has 1 aliphatic heterocycles. The summed E-state index contributed by atoms with van der Waals surface area (Å²) in [5.74, 6) is 2.57. The average molecular weight is 289 g/mol. The predicted molar refractivity (Wildman–Crippen MR) is 76.3 cm³/mol. The average Bonchev–Trinajstić information content (AvgIpc) is 2.37. The second kappa shape index (κ2) is 6.78. The Morgan fingerprint density at radius 2 is 2.22 bits per heavy atom. The molecular formula is C13H17F2NS2. The van der Waals surface area contributed by atoms with Crippen LogP contribution in [0.15, 0.2) is 18.2 Å². The van der Waals surface area contributed by atoms with Gasteiger partial charge in [-0.1, -0.05) is 6.07 Å². The molecule has 1 heterocycles. The van der Waals surface area contributed by atoms with Gasteiger partial charge in [0.15, 0.2) is 0 Å². The maximum atomic E-state index is 13.6. The molecule has 100 valence electrons. The summed E-state index contributed by atoms with van der Waals surface area (Å²) < 4.78 is 26.4. The van der Waals surface area contributed by atoms with Crippen molar-refractivity contribution in [2.45, 2.75) is 18.2 Å². The van der Waals surface area contributed by atoms with Gasteiger partial charge in [0.2, 0.25) is 0 Å². The fraction of sp³-hybridized carbons (Fsp3) is 0.538. The fourth-order valence-electron chi connectivity index (χ4n) is 1.93. The van der Waals surface area contributed by atoms with Crippen LogP contribution >= 0.6 is 23.5 Å². The highest BCUT2D eigenvalue weighted by Crippen LogP contribution is 2.24. The molecule has 2 rings (SSSR count). The van der Waals surface area contributed by atoms with Crippen molar-refractivity contribution in [3.05, 3.63) is 35.4 Å². The van der Waals surface area contributed by atoms with E-state index in [0.29, 0.717) is 10.8 Å². The molecule has 1 aliphatic rings. The summed E-state index contributed by atoms with van der Waals surface area (Å²) in [4.78, 5) is 0. The van der Waals surface area contributed by atoms with Crippen molar-refractivity contribution in [2.75, 3.05) is 23.8 Å². The number of hydrogen-bond donors (Lipinski definition) is 1. The Labute approximate surface area is 115 Å². The first-order valence-electron chi connectivity index (χ1n) is 6.04. The molecule has 2 atom stereocenters. The van der Waals surface area contributed by atoms with Crippen molar-refractivity contribution in [1.29, 1.82) is 0 Å². The third-order valence-corrected chi connectivity index (χ3v) is 5.81. The van der Waals surface area contributed by atoms with Gasteiger partial charge < -0.3 is 5.32 Å². The van der Waals surface area contributed by atoms with E-state index in [0.717, 1.165) is 18.4 Å². The maximum Gasteiger partial charge on any atom is 0.130 e. The van der Waals surface area contributed by atoms with Crippen LogP contribution < -0.4 is 5.32 Å². The monoisotopic (exact) mass is 289 g/mol. The number of thioether (sulfide) groups is 2. The summed E-state index contributed by atoms with van der Waals surface area (Å²) >= 11 is 3.94. The lowest BCUT2D eigenvalue weighted by atomic mass is 10.1. The van der Waals surface area contributed by atoms with Crippen molar-refractivity contribution in [1.82, 2.24) is 5.32 Å². The van der Waals surface area contributed by atoms with Gasteiger partial charge in [-0.05, 0) is 13.0 Å². The molecule has 0 aliphatic carbocycles. The summed E-state index contributed by atoms with van der Waals surface area (Å²) in [6.07, 6.45) is 0. The molecule has 0 bridgehead atoms. The topological polar surface area (TPSA) is 12.0 Å². The minimum atomic E-state index is -0.525. The second-order valence-electron chi connectivity index (χ2n) is 4.36. The van der Waals surface area contributed by atoms with Gasteiger partial charge in [-0.3, -0.25) is 0 Å². The van der Waals surface area contributed by atoms with Gasteiger partial charge in [-0.2, -0.15) is 23.5 Å². The molecule has 1 saturated heterocycles. The summed E-state index contributed by atoms with van der Waals surface area (Å²) in [6, 6.07) is 3.68. The van der Waals surface area contributed by atoms with Crippen LogP contribution in [-0.4, -0.2) is 29.1 Å². The molecule has 0 radical (unpaired) electrons. The summed E-state index contributed by atoms with van der Waals surface area (Å²) in [5, 5.41) is 3.92. The highest BCUT2D eigenvalue weighted by atomic mass is 32.2. The summed E-state index contributed by atoms with van der Waals surface area (Å²) in [5.41, 5.74) is 0.532. The SMILES string of the molecule is CC(NCC1CSCCS1)c1ccc(F)cc1F. The lowest BCUT2D eigenvalue weighted by molar-refractivity contribution is 0.520. The van der Waals surface area contributed by atoms with Crippen molar-refractivity contribution >= 4 is 23.5 Å². The van der Waals surface area contributed by atoms with Crippen LogP contribution in [0.3, 0.4) is 0 Å². The third-order valence-electron chi connectivity index (χ3n) is 2.97. The van der Waals surface area contributed by atoms with E-state index in [2.05, 4.69) is 5.32 Å². The Morgan fingerprint density at radius 1 is 1.39 bits per heavy atom. The number of hydrogen-bond acceptors (Lipinski definition) is 3. The van der Waals surface area contributed by atoms with Gasteiger partial charge in [0.1, 0.15) is 11.6 Å². The molecule has 1 aromatic carbocycles. The molecule has 2 unspecified atom stereocenters. The van der Waals surface area contributed by atoms with E-state index in [1.54, 1.807) is 0 Å². The first-order valence-corrected chi connectivity index (χ1v) is 8.25. The van der Waals surface area contributed by atoms with Crippen LogP contribution in [0.25, 0.3) is 0 Å². The molecule has 1 nitrogen and oxygen atoms in total. The van der Waals surface area contributed by atoms with Crippen molar-refractivity contribution in [2.24, 2.45) is 0 Å².